The molecule has 0 aromatic carbocycles. The number of pyridine rings is 1. The number of halogens is 2. The number of rotatable bonds is 6. The zero-order valence-corrected chi connectivity index (χ0v) is 12.7. The molecule has 0 saturated heterocycles. The minimum absolute atomic E-state index is 0.502. The highest BCUT2D eigenvalue weighted by molar-refractivity contribution is 7.07. The second kappa shape index (κ2) is 6.93. The molecule has 0 unspecified atom stereocenters. The predicted molar refractivity (Wildman–Crippen MR) is 82.5 cm³/mol. The zero-order chi connectivity index (χ0) is 13.7. The Bertz CT molecular complexity index is 531. The molecule has 19 heavy (non-hydrogen) atoms. The Hall–Kier alpha value is -1.04. The van der Waals surface area contributed by atoms with Gasteiger partial charge < -0.3 is 10.6 Å². The van der Waals surface area contributed by atoms with Crippen LogP contribution < -0.4 is 10.6 Å². The number of aromatic nitrogens is 2. The maximum atomic E-state index is 6.12. The van der Waals surface area contributed by atoms with Gasteiger partial charge in [-0.15, -0.1) is 11.3 Å². The van der Waals surface area contributed by atoms with Crippen LogP contribution in [0.4, 0.5) is 11.6 Å². The Labute approximate surface area is 126 Å². The van der Waals surface area contributed by atoms with Gasteiger partial charge in [0.05, 0.1) is 27.8 Å². The van der Waals surface area contributed by atoms with E-state index in [1.54, 1.807) is 22.9 Å². The first-order valence-corrected chi connectivity index (χ1v) is 7.61. The molecular weight excluding hydrogens is 303 g/mol. The highest BCUT2D eigenvalue weighted by Crippen LogP contribution is 2.29. The Kier molecular flexibility index (Phi) is 5.24. The van der Waals surface area contributed by atoms with Crippen LogP contribution in [-0.2, 0) is 6.54 Å². The second-order valence-corrected chi connectivity index (χ2v) is 5.44. The molecule has 2 aromatic rings. The van der Waals surface area contributed by atoms with Crippen LogP contribution in [0.5, 0.6) is 0 Å². The molecule has 2 N–H and O–H groups in total. The summed E-state index contributed by atoms with van der Waals surface area (Å²) in [5.74, 6) is 1.26. The number of anilines is 2. The molecule has 2 aromatic heterocycles. The number of nitrogens with one attached hydrogen (secondary N) is 2. The van der Waals surface area contributed by atoms with E-state index in [1.807, 2.05) is 5.38 Å². The summed E-state index contributed by atoms with van der Waals surface area (Å²) in [5, 5.41) is 9.34. The van der Waals surface area contributed by atoms with E-state index in [1.165, 1.54) is 0 Å². The van der Waals surface area contributed by atoms with Crippen molar-refractivity contribution in [1.82, 2.24) is 9.97 Å². The summed E-state index contributed by atoms with van der Waals surface area (Å²) in [7, 11) is 0. The third-order valence-corrected chi connectivity index (χ3v) is 3.60. The summed E-state index contributed by atoms with van der Waals surface area (Å²) < 4.78 is 0. The fourth-order valence-electron chi connectivity index (χ4n) is 1.46. The van der Waals surface area contributed by atoms with Crippen LogP contribution in [0, 0.1) is 0 Å². The molecule has 7 heteroatoms. The summed E-state index contributed by atoms with van der Waals surface area (Å²) in [6.07, 6.45) is 1.00. The molecule has 2 heterocycles. The van der Waals surface area contributed by atoms with Crippen LogP contribution in [0.1, 0.15) is 19.0 Å². The Morgan fingerprint density at radius 2 is 1.95 bits per heavy atom. The second-order valence-electron chi connectivity index (χ2n) is 3.91. The zero-order valence-electron chi connectivity index (χ0n) is 10.4. The molecule has 0 aliphatic heterocycles. The van der Waals surface area contributed by atoms with Crippen LogP contribution in [-0.4, -0.2) is 16.5 Å². The summed E-state index contributed by atoms with van der Waals surface area (Å²) in [5.41, 5.74) is 2.75. The number of hydrogen-bond donors (Lipinski definition) is 2. The molecule has 102 valence electrons. The SMILES string of the molecule is CCCNc1nc(NCc2cscn2)c(Cl)cc1Cl. The van der Waals surface area contributed by atoms with E-state index < -0.39 is 0 Å². The van der Waals surface area contributed by atoms with Crippen molar-refractivity contribution in [3.63, 3.8) is 0 Å². The molecule has 0 spiro atoms. The van der Waals surface area contributed by atoms with Crippen molar-refractivity contribution in [3.8, 4) is 0 Å². The standard InChI is InChI=1S/C12H14Cl2N4S/c1-2-3-15-11-9(13)4-10(14)12(18-11)16-5-8-6-19-7-17-8/h4,6-7H,2-3,5H2,1H3,(H2,15,16,18). The number of nitrogens with zero attached hydrogens (tertiary/aromatic N) is 2. The molecule has 0 aliphatic carbocycles. The predicted octanol–water partition coefficient (Wildman–Crippen LogP) is 4.28. The average molecular weight is 317 g/mol. The first-order valence-electron chi connectivity index (χ1n) is 5.91. The first-order chi connectivity index (χ1) is 9.20. The van der Waals surface area contributed by atoms with Crippen molar-refractivity contribution >= 4 is 46.2 Å². The lowest BCUT2D eigenvalue weighted by atomic mass is 10.4. The fraction of sp³-hybridized carbons (Fsp3) is 0.333. The van der Waals surface area contributed by atoms with E-state index >= 15 is 0 Å². The van der Waals surface area contributed by atoms with Crippen molar-refractivity contribution in [3.05, 3.63) is 32.7 Å². The number of hydrogen-bond acceptors (Lipinski definition) is 5. The lowest BCUT2D eigenvalue weighted by Crippen LogP contribution is -2.07. The molecule has 4 nitrogen and oxygen atoms in total. The van der Waals surface area contributed by atoms with E-state index in [4.69, 9.17) is 23.2 Å². The Morgan fingerprint density at radius 1 is 1.21 bits per heavy atom. The van der Waals surface area contributed by atoms with Crippen molar-refractivity contribution in [1.29, 1.82) is 0 Å². The first kappa shape index (κ1) is 14.4. The molecule has 0 aliphatic rings. The Balaban J connectivity index is 2.10. The smallest absolute Gasteiger partial charge is 0.147 e. The largest absolute Gasteiger partial charge is 0.369 e. The Morgan fingerprint density at radius 3 is 2.58 bits per heavy atom. The van der Waals surface area contributed by atoms with E-state index in [0.29, 0.717) is 28.2 Å². The maximum Gasteiger partial charge on any atom is 0.147 e. The van der Waals surface area contributed by atoms with Crippen molar-refractivity contribution in [2.24, 2.45) is 0 Å². The van der Waals surface area contributed by atoms with E-state index in [0.717, 1.165) is 18.7 Å². The molecule has 0 atom stereocenters. The van der Waals surface area contributed by atoms with Gasteiger partial charge in [-0.25, -0.2) is 9.97 Å². The van der Waals surface area contributed by atoms with E-state index in [-0.39, 0.29) is 0 Å². The van der Waals surface area contributed by atoms with Crippen LogP contribution in [0.25, 0.3) is 0 Å². The van der Waals surface area contributed by atoms with E-state index in [2.05, 4.69) is 27.5 Å². The molecular formula is C12H14Cl2N4S. The van der Waals surface area contributed by atoms with Gasteiger partial charge in [0.15, 0.2) is 0 Å². The van der Waals surface area contributed by atoms with Crippen LogP contribution in [0.15, 0.2) is 17.0 Å². The summed E-state index contributed by atoms with van der Waals surface area (Å²) in [6.45, 7) is 3.49. The van der Waals surface area contributed by atoms with Gasteiger partial charge in [-0.05, 0) is 12.5 Å². The third-order valence-electron chi connectivity index (χ3n) is 2.39. The van der Waals surface area contributed by atoms with Crippen molar-refractivity contribution < 1.29 is 0 Å². The fourth-order valence-corrected chi connectivity index (χ4v) is 2.51. The highest BCUT2D eigenvalue weighted by atomic mass is 35.5. The molecule has 0 radical (unpaired) electrons. The highest BCUT2D eigenvalue weighted by Gasteiger charge is 2.09. The minimum atomic E-state index is 0.502. The van der Waals surface area contributed by atoms with Crippen molar-refractivity contribution in [2.45, 2.75) is 19.9 Å². The monoisotopic (exact) mass is 316 g/mol. The van der Waals surface area contributed by atoms with Crippen LogP contribution in [0.2, 0.25) is 10.0 Å². The molecule has 0 fully saturated rings. The van der Waals surface area contributed by atoms with Gasteiger partial charge in [0.1, 0.15) is 11.6 Å². The summed E-state index contributed by atoms with van der Waals surface area (Å²) >= 11 is 13.8. The van der Waals surface area contributed by atoms with Crippen LogP contribution >= 0.6 is 34.5 Å². The van der Waals surface area contributed by atoms with Gasteiger partial charge in [0.2, 0.25) is 0 Å². The van der Waals surface area contributed by atoms with Gasteiger partial charge >= 0.3 is 0 Å². The summed E-state index contributed by atoms with van der Waals surface area (Å²) in [4.78, 5) is 8.59. The lowest BCUT2D eigenvalue weighted by molar-refractivity contribution is 0.967. The van der Waals surface area contributed by atoms with E-state index in [9.17, 15) is 0 Å². The lowest BCUT2D eigenvalue weighted by Gasteiger charge is -2.11. The molecule has 0 saturated carbocycles. The normalized spacial score (nSPS) is 10.5. The molecule has 0 bridgehead atoms. The quantitative estimate of drug-likeness (QED) is 0.835. The number of thiazole rings is 1. The molecule has 2 rings (SSSR count). The van der Waals surface area contributed by atoms with Gasteiger partial charge in [-0.2, -0.15) is 0 Å². The molecule has 0 amide bonds. The topological polar surface area (TPSA) is 49.8 Å². The van der Waals surface area contributed by atoms with Crippen molar-refractivity contribution in [2.75, 3.05) is 17.2 Å². The van der Waals surface area contributed by atoms with Gasteiger partial charge in [0.25, 0.3) is 0 Å². The van der Waals surface area contributed by atoms with Gasteiger partial charge in [0, 0.05) is 11.9 Å². The van der Waals surface area contributed by atoms with Gasteiger partial charge in [-0.1, -0.05) is 30.1 Å². The average Bonchev–Trinajstić information content (AvgIpc) is 2.90. The third kappa shape index (κ3) is 3.96. The maximum absolute atomic E-state index is 6.12. The van der Waals surface area contributed by atoms with Crippen LogP contribution in [0.3, 0.4) is 0 Å². The summed E-state index contributed by atoms with van der Waals surface area (Å²) in [6, 6.07) is 1.69. The van der Waals surface area contributed by atoms with Gasteiger partial charge in [-0.3, -0.25) is 0 Å². The minimum Gasteiger partial charge on any atom is -0.369 e.